The molecule has 1 rings (SSSR count). The fourth-order valence-corrected chi connectivity index (χ4v) is 0.752. The molecule has 11 heavy (non-hydrogen) atoms. The standard InChI is InChI=1S/C7H5ClFO2/c8-6-2-1-5(11-4-10)3-7(6)9/h1-3H,4H2. The number of hydrogen-bond donors (Lipinski definition) is 0. The SMILES string of the molecule is [O]COc1ccc(Cl)c(F)c1. The van der Waals surface area contributed by atoms with Crippen LogP contribution in [-0.4, -0.2) is 6.79 Å². The lowest BCUT2D eigenvalue weighted by molar-refractivity contribution is 0.0374. The Kier molecular flexibility index (Phi) is 2.68. The van der Waals surface area contributed by atoms with Crippen molar-refractivity contribution in [3.63, 3.8) is 0 Å². The van der Waals surface area contributed by atoms with Crippen LogP contribution in [0.4, 0.5) is 4.39 Å². The highest BCUT2D eigenvalue weighted by molar-refractivity contribution is 6.30. The van der Waals surface area contributed by atoms with Gasteiger partial charge < -0.3 is 4.74 Å². The minimum absolute atomic E-state index is 0.0169. The molecule has 0 N–H and O–H groups in total. The van der Waals surface area contributed by atoms with Crippen LogP contribution in [0.5, 0.6) is 5.75 Å². The van der Waals surface area contributed by atoms with Crippen LogP contribution in [0, 0.1) is 5.82 Å². The molecule has 0 amide bonds. The lowest BCUT2D eigenvalue weighted by Gasteiger charge is -2.00. The summed E-state index contributed by atoms with van der Waals surface area (Å²) in [6, 6.07) is 3.84. The van der Waals surface area contributed by atoms with Gasteiger partial charge >= 0.3 is 0 Å². The van der Waals surface area contributed by atoms with Crippen LogP contribution in [0.2, 0.25) is 5.02 Å². The van der Waals surface area contributed by atoms with Gasteiger partial charge in [-0.05, 0) is 12.1 Å². The topological polar surface area (TPSA) is 29.1 Å². The van der Waals surface area contributed by atoms with Crippen molar-refractivity contribution in [1.29, 1.82) is 0 Å². The fourth-order valence-electron chi connectivity index (χ4n) is 0.635. The first kappa shape index (κ1) is 8.30. The van der Waals surface area contributed by atoms with Crippen LogP contribution in [-0.2, 0) is 5.11 Å². The lowest BCUT2D eigenvalue weighted by Crippen LogP contribution is -1.93. The Labute approximate surface area is 68.2 Å². The van der Waals surface area contributed by atoms with E-state index in [1.54, 1.807) is 0 Å². The zero-order chi connectivity index (χ0) is 8.27. The third-order valence-electron chi connectivity index (χ3n) is 1.12. The number of halogens is 2. The van der Waals surface area contributed by atoms with E-state index < -0.39 is 12.6 Å². The Bertz CT molecular complexity index is 252. The van der Waals surface area contributed by atoms with E-state index in [-0.39, 0.29) is 10.8 Å². The molecule has 0 aromatic heterocycles. The maximum absolute atomic E-state index is 12.6. The maximum atomic E-state index is 12.6. The third kappa shape index (κ3) is 2.06. The minimum atomic E-state index is -0.721. The quantitative estimate of drug-likeness (QED) is 0.634. The van der Waals surface area contributed by atoms with Crippen molar-refractivity contribution in [3.8, 4) is 5.75 Å². The van der Waals surface area contributed by atoms with Gasteiger partial charge in [0.2, 0.25) is 6.79 Å². The predicted octanol–water partition coefficient (Wildman–Crippen LogP) is 2.25. The second-order valence-electron chi connectivity index (χ2n) is 1.84. The van der Waals surface area contributed by atoms with Gasteiger partial charge in [0.15, 0.2) is 0 Å². The summed E-state index contributed by atoms with van der Waals surface area (Å²) in [5.41, 5.74) is 0. The molecule has 0 heterocycles. The normalized spacial score (nSPS) is 9.73. The molecule has 0 unspecified atom stereocenters. The molecule has 0 saturated heterocycles. The molecule has 1 radical (unpaired) electrons. The summed E-state index contributed by atoms with van der Waals surface area (Å²) in [4.78, 5) is 0. The van der Waals surface area contributed by atoms with E-state index >= 15 is 0 Å². The van der Waals surface area contributed by atoms with Crippen LogP contribution < -0.4 is 4.74 Å². The summed E-state index contributed by atoms with van der Waals surface area (Å²) < 4.78 is 17.1. The first-order valence-electron chi connectivity index (χ1n) is 2.90. The summed E-state index contributed by atoms with van der Waals surface area (Å²) in [6.07, 6.45) is 0. The van der Waals surface area contributed by atoms with E-state index in [9.17, 15) is 9.50 Å². The molecule has 2 nitrogen and oxygen atoms in total. The fraction of sp³-hybridized carbons (Fsp3) is 0.143. The average molecular weight is 176 g/mol. The second-order valence-corrected chi connectivity index (χ2v) is 2.25. The first-order chi connectivity index (χ1) is 5.24. The number of ether oxygens (including phenoxy) is 1. The zero-order valence-electron chi connectivity index (χ0n) is 5.51. The Morgan fingerprint density at radius 1 is 1.55 bits per heavy atom. The van der Waals surface area contributed by atoms with Crippen molar-refractivity contribution in [3.05, 3.63) is 29.0 Å². The van der Waals surface area contributed by atoms with Gasteiger partial charge in [0.1, 0.15) is 11.6 Å². The summed E-state index contributed by atoms with van der Waals surface area (Å²) in [7, 11) is 0. The summed E-state index contributed by atoms with van der Waals surface area (Å²) in [5, 5.41) is 9.93. The molecular weight excluding hydrogens is 171 g/mol. The van der Waals surface area contributed by atoms with E-state index in [1.165, 1.54) is 12.1 Å². The molecule has 0 aliphatic carbocycles. The van der Waals surface area contributed by atoms with Gasteiger partial charge in [0.25, 0.3) is 0 Å². The molecule has 0 atom stereocenters. The Balaban J connectivity index is 2.86. The maximum Gasteiger partial charge on any atom is 0.221 e. The molecule has 0 bridgehead atoms. The van der Waals surface area contributed by atoms with Gasteiger partial charge in [-0.15, -0.1) is 0 Å². The third-order valence-corrected chi connectivity index (χ3v) is 1.42. The van der Waals surface area contributed by atoms with Crippen LogP contribution in [0.1, 0.15) is 0 Å². The Morgan fingerprint density at radius 2 is 2.27 bits per heavy atom. The Morgan fingerprint density at radius 3 is 2.82 bits per heavy atom. The molecule has 59 valence electrons. The van der Waals surface area contributed by atoms with Crippen LogP contribution in [0.25, 0.3) is 0 Å². The van der Waals surface area contributed by atoms with E-state index in [0.29, 0.717) is 0 Å². The smallest absolute Gasteiger partial charge is 0.221 e. The zero-order valence-corrected chi connectivity index (χ0v) is 6.27. The first-order valence-corrected chi connectivity index (χ1v) is 3.28. The monoisotopic (exact) mass is 175 g/mol. The van der Waals surface area contributed by atoms with Crippen molar-refractivity contribution in [2.24, 2.45) is 0 Å². The molecule has 0 aliphatic rings. The molecule has 0 fully saturated rings. The lowest BCUT2D eigenvalue weighted by atomic mass is 10.3. The van der Waals surface area contributed by atoms with E-state index in [2.05, 4.69) is 4.74 Å². The van der Waals surface area contributed by atoms with Crippen molar-refractivity contribution in [2.75, 3.05) is 6.79 Å². The second kappa shape index (κ2) is 3.55. The summed E-state index contributed by atoms with van der Waals surface area (Å²) in [5.74, 6) is -0.389. The molecule has 0 spiro atoms. The van der Waals surface area contributed by atoms with Gasteiger partial charge in [-0.25, -0.2) is 4.39 Å². The molecule has 1 aromatic rings. The molecular formula is C7H5ClFO2. The summed E-state index contributed by atoms with van der Waals surface area (Å²) >= 11 is 5.37. The highest BCUT2D eigenvalue weighted by atomic mass is 35.5. The summed E-state index contributed by atoms with van der Waals surface area (Å²) in [6.45, 7) is -0.721. The molecule has 0 saturated carbocycles. The van der Waals surface area contributed by atoms with E-state index in [0.717, 1.165) is 6.07 Å². The highest BCUT2D eigenvalue weighted by Crippen LogP contribution is 2.19. The van der Waals surface area contributed by atoms with E-state index in [1.807, 2.05) is 0 Å². The largest absolute Gasteiger partial charge is 0.465 e. The van der Waals surface area contributed by atoms with Crippen molar-refractivity contribution < 1.29 is 14.2 Å². The van der Waals surface area contributed by atoms with Gasteiger partial charge in [0.05, 0.1) is 5.02 Å². The molecule has 0 aliphatic heterocycles. The van der Waals surface area contributed by atoms with E-state index in [4.69, 9.17) is 11.6 Å². The minimum Gasteiger partial charge on any atom is -0.465 e. The molecule has 4 heteroatoms. The van der Waals surface area contributed by atoms with Gasteiger partial charge in [-0.1, -0.05) is 11.6 Å². The highest BCUT2D eigenvalue weighted by Gasteiger charge is 2.00. The number of benzene rings is 1. The van der Waals surface area contributed by atoms with Gasteiger partial charge in [0, 0.05) is 6.07 Å². The van der Waals surface area contributed by atoms with Crippen molar-refractivity contribution >= 4 is 11.6 Å². The number of rotatable bonds is 2. The van der Waals surface area contributed by atoms with Gasteiger partial charge in [-0.3, -0.25) is 0 Å². The predicted molar refractivity (Wildman–Crippen MR) is 37.6 cm³/mol. The Hall–Kier alpha value is -0.800. The van der Waals surface area contributed by atoms with Crippen LogP contribution >= 0.6 is 11.6 Å². The van der Waals surface area contributed by atoms with Crippen molar-refractivity contribution in [2.45, 2.75) is 0 Å². The average Bonchev–Trinajstić information content (AvgIpc) is 1.98. The van der Waals surface area contributed by atoms with Crippen molar-refractivity contribution in [1.82, 2.24) is 0 Å². The van der Waals surface area contributed by atoms with Crippen LogP contribution in [0.15, 0.2) is 18.2 Å². The van der Waals surface area contributed by atoms with Gasteiger partial charge in [-0.2, -0.15) is 5.11 Å². The van der Waals surface area contributed by atoms with Crippen LogP contribution in [0.3, 0.4) is 0 Å². The molecule has 1 aromatic carbocycles. The number of hydrogen-bond acceptors (Lipinski definition) is 1.